The van der Waals surface area contributed by atoms with Crippen LogP contribution in [0.4, 0.5) is 18.2 Å². The van der Waals surface area contributed by atoms with E-state index in [9.17, 15) is 37.1 Å². The van der Waals surface area contributed by atoms with Gasteiger partial charge in [0.05, 0.1) is 33.6 Å². The van der Waals surface area contributed by atoms with E-state index in [1.807, 2.05) is 18.2 Å². The molecule has 1 aliphatic rings. The van der Waals surface area contributed by atoms with E-state index in [0.29, 0.717) is 48.6 Å². The first-order valence-electron chi connectivity index (χ1n) is 22.6. The third kappa shape index (κ3) is 14.0. The fraction of sp³-hybridized carbons (Fsp3) is 0.510. The van der Waals surface area contributed by atoms with Gasteiger partial charge >= 0.3 is 6.18 Å². The molecule has 0 bridgehead atoms. The van der Waals surface area contributed by atoms with Gasteiger partial charge in [0.25, 0.3) is 5.91 Å². The third-order valence-corrected chi connectivity index (χ3v) is 13.5. The van der Waals surface area contributed by atoms with Gasteiger partial charge in [-0.15, -0.1) is 11.3 Å². The lowest BCUT2D eigenvalue weighted by Gasteiger charge is -2.32. The number of anilines is 1. The standard InChI is InChI=1S/C49H64ClF3N8O5S/c1-10-33(11-2)60(22-21-59(9)40(63)18-17-39(62)58-48(7,8)45(66)55-29-47(5,6)54)27-30-13-12-14-31(23-30)43(65)57-44-41(35-19-20-46(3,4)25-38(35)67-44)42(64)32-26-56-61(28-32)34-15-16-37(50)36(24-34)49(51,52)53/h12-16,23-24,26,28,33H,10-11,17-22,25,27,29,54H2,1-9H3,(H,55,66)(H,57,65)(H,58,62). The Morgan fingerprint density at radius 2 is 1.69 bits per heavy atom. The lowest BCUT2D eigenvalue weighted by atomic mass is 9.76. The third-order valence-electron chi connectivity index (χ3n) is 12.1. The molecule has 0 fully saturated rings. The van der Waals surface area contributed by atoms with Crippen LogP contribution in [-0.4, -0.2) is 92.8 Å². The largest absolute Gasteiger partial charge is 0.417 e. The number of benzene rings is 2. The average Bonchev–Trinajstić information content (AvgIpc) is 3.88. The molecule has 0 atom stereocenters. The van der Waals surface area contributed by atoms with Gasteiger partial charge in [-0.05, 0) is 107 Å². The zero-order valence-corrected chi connectivity index (χ0v) is 41.5. The van der Waals surface area contributed by atoms with Crippen molar-refractivity contribution in [2.75, 3.05) is 32.0 Å². The van der Waals surface area contributed by atoms with Gasteiger partial charge in [0.2, 0.25) is 17.7 Å². The van der Waals surface area contributed by atoms with Crippen molar-refractivity contribution in [2.45, 2.75) is 130 Å². The number of halogens is 4. The van der Waals surface area contributed by atoms with Crippen LogP contribution in [0.15, 0.2) is 54.9 Å². The van der Waals surface area contributed by atoms with Crippen LogP contribution in [0.25, 0.3) is 5.69 Å². The molecule has 2 heterocycles. The number of carbonyl (C=O) groups is 5. The summed E-state index contributed by atoms with van der Waals surface area (Å²) in [5.74, 6) is -1.81. The number of likely N-dealkylation sites (N-methyl/N-ethyl adjacent to an activating group) is 1. The van der Waals surface area contributed by atoms with Gasteiger partial charge in [-0.3, -0.25) is 28.9 Å². The fourth-order valence-corrected chi connectivity index (χ4v) is 9.78. The molecule has 18 heteroatoms. The van der Waals surface area contributed by atoms with Crippen molar-refractivity contribution in [2.24, 2.45) is 11.1 Å². The summed E-state index contributed by atoms with van der Waals surface area (Å²) < 4.78 is 42.2. The Hall–Kier alpha value is -5.10. The summed E-state index contributed by atoms with van der Waals surface area (Å²) in [5, 5.41) is 12.7. The van der Waals surface area contributed by atoms with E-state index in [1.54, 1.807) is 45.7 Å². The van der Waals surface area contributed by atoms with Gasteiger partial charge in [-0.1, -0.05) is 51.4 Å². The number of aromatic nitrogens is 2. The summed E-state index contributed by atoms with van der Waals surface area (Å²) in [7, 11) is 1.70. The Bertz CT molecular complexity index is 2450. The molecule has 364 valence electrons. The fourth-order valence-electron chi connectivity index (χ4n) is 8.06. The Morgan fingerprint density at radius 3 is 2.34 bits per heavy atom. The number of nitrogens with one attached hydrogen (secondary N) is 3. The van der Waals surface area contributed by atoms with Crippen molar-refractivity contribution < 1.29 is 37.1 Å². The monoisotopic (exact) mass is 968 g/mol. The van der Waals surface area contributed by atoms with E-state index < -0.39 is 45.4 Å². The number of rotatable bonds is 20. The summed E-state index contributed by atoms with van der Waals surface area (Å²) >= 11 is 7.21. The molecule has 2 aromatic carbocycles. The number of fused-ring (bicyclic) bond motifs is 1. The average molecular weight is 970 g/mol. The van der Waals surface area contributed by atoms with E-state index >= 15 is 0 Å². The van der Waals surface area contributed by atoms with E-state index in [4.69, 9.17) is 17.3 Å². The van der Waals surface area contributed by atoms with Crippen LogP contribution in [0.1, 0.15) is 135 Å². The first-order valence-corrected chi connectivity index (χ1v) is 23.8. The van der Waals surface area contributed by atoms with Gasteiger partial charge in [0.1, 0.15) is 10.5 Å². The van der Waals surface area contributed by atoms with Crippen LogP contribution in [0, 0.1) is 5.41 Å². The highest BCUT2D eigenvalue weighted by Crippen LogP contribution is 2.45. The number of hydrogen-bond donors (Lipinski definition) is 4. The minimum absolute atomic E-state index is 0.0244. The Morgan fingerprint density at radius 1 is 0.985 bits per heavy atom. The van der Waals surface area contributed by atoms with Gasteiger partial charge in [0.15, 0.2) is 5.78 Å². The summed E-state index contributed by atoms with van der Waals surface area (Å²) in [6.07, 6.45) is 1.73. The second-order valence-electron chi connectivity index (χ2n) is 19.5. The molecule has 0 aliphatic heterocycles. The maximum Gasteiger partial charge on any atom is 0.417 e. The smallest absolute Gasteiger partial charge is 0.352 e. The van der Waals surface area contributed by atoms with Gasteiger partial charge in [-0.25, -0.2) is 4.68 Å². The number of ketones is 1. The number of thiophene rings is 1. The van der Waals surface area contributed by atoms with E-state index in [2.05, 4.69) is 53.6 Å². The molecule has 67 heavy (non-hydrogen) atoms. The molecule has 0 radical (unpaired) electrons. The number of amides is 4. The van der Waals surface area contributed by atoms with Gasteiger partial charge < -0.3 is 26.6 Å². The van der Waals surface area contributed by atoms with Gasteiger partial charge in [-0.2, -0.15) is 18.3 Å². The highest BCUT2D eigenvalue weighted by molar-refractivity contribution is 7.17. The Kier molecular flexibility index (Phi) is 16.9. The van der Waals surface area contributed by atoms with Crippen LogP contribution in [0.5, 0.6) is 0 Å². The first kappa shape index (κ1) is 52.9. The normalized spacial score (nSPS) is 13.9. The SMILES string of the molecule is CCC(CC)N(CCN(C)C(=O)CCC(=O)NC(C)(C)C(=O)NCC(C)(C)N)Cc1cccc(C(=O)Nc2sc3c(c2C(=O)c2cnn(-c4ccc(Cl)c(C(F)(F)F)c4)c2)CCC(C)(C)C3)c1. The number of hydrogen-bond acceptors (Lipinski definition) is 9. The topological polar surface area (TPSA) is 172 Å². The van der Waals surface area contributed by atoms with Crippen molar-refractivity contribution in [1.82, 2.24) is 30.2 Å². The van der Waals surface area contributed by atoms with Crippen molar-refractivity contribution in [3.8, 4) is 5.69 Å². The molecule has 5 rings (SSSR count). The van der Waals surface area contributed by atoms with Crippen LogP contribution < -0.4 is 21.7 Å². The maximum absolute atomic E-state index is 14.4. The zero-order chi connectivity index (χ0) is 49.6. The predicted molar refractivity (Wildman–Crippen MR) is 257 cm³/mol. The minimum Gasteiger partial charge on any atom is -0.352 e. The Balaban J connectivity index is 1.27. The van der Waals surface area contributed by atoms with E-state index in [-0.39, 0.29) is 53.9 Å². The lowest BCUT2D eigenvalue weighted by molar-refractivity contribution is -0.137. The number of carbonyl (C=O) groups excluding carboxylic acids is 5. The number of alkyl halides is 3. The van der Waals surface area contributed by atoms with Crippen LogP contribution >= 0.6 is 22.9 Å². The molecule has 0 unspecified atom stereocenters. The van der Waals surface area contributed by atoms with Crippen molar-refractivity contribution in [1.29, 1.82) is 0 Å². The molecule has 13 nitrogen and oxygen atoms in total. The zero-order valence-electron chi connectivity index (χ0n) is 39.9. The predicted octanol–water partition coefficient (Wildman–Crippen LogP) is 8.58. The molecule has 4 amide bonds. The molecule has 0 saturated heterocycles. The molecule has 5 N–H and O–H groups in total. The molecular weight excluding hydrogens is 905 g/mol. The highest BCUT2D eigenvalue weighted by atomic mass is 35.5. The molecule has 1 aliphatic carbocycles. The lowest BCUT2D eigenvalue weighted by Crippen LogP contribution is -2.57. The highest BCUT2D eigenvalue weighted by Gasteiger charge is 2.36. The maximum atomic E-state index is 14.4. The van der Waals surface area contributed by atoms with Crippen molar-refractivity contribution >= 4 is 57.4 Å². The van der Waals surface area contributed by atoms with Crippen molar-refractivity contribution in [3.63, 3.8) is 0 Å². The number of nitrogens with zero attached hydrogens (tertiary/aromatic N) is 4. The van der Waals surface area contributed by atoms with Crippen molar-refractivity contribution in [3.05, 3.63) is 98.1 Å². The summed E-state index contributed by atoms with van der Waals surface area (Å²) in [6.45, 7) is 16.9. The number of nitrogens with two attached hydrogens (primary N) is 1. The molecular formula is C49H64ClF3N8O5S. The van der Waals surface area contributed by atoms with Crippen LogP contribution in [-0.2, 0) is 39.9 Å². The van der Waals surface area contributed by atoms with Crippen LogP contribution in [0.3, 0.4) is 0 Å². The molecule has 2 aromatic heterocycles. The summed E-state index contributed by atoms with van der Waals surface area (Å²) in [5.41, 5.74) is 5.81. The minimum atomic E-state index is -4.69. The van der Waals surface area contributed by atoms with E-state index in [0.717, 1.165) is 47.4 Å². The molecule has 0 saturated carbocycles. The second kappa shape index (κ2) is 21.5. The molecule has 4 aromatic rings. The quantitative estimate of drug-likeness (QED) is 0.0638. The first-order chi connectivity index (χ1) is 31.2. The summed E-state index contributed by atoms with van der Waals surface area (Å²) in [6, 6.07) is 10.9. The summed E-state index contributed by atoms with van der Waals surface area (Å²) in [4.78, 5) is 72.0. The Labute approximate surface area is 400 Å². The van der Waals surface area contributed by atoms with Gasteiger partial charge in [0, 0.05) is 74.3 Å². The van der Waals surface area contributed by atoms with Crippen LogP contribution in [0.2, 0.25) is 5.02 Å². The molecule has 0 spiro atoms. The van der Waals surface area contributed by atoms with E-state index in [1.165, 1.54) is 34.5 Å². The second-order valence-corrected chi connectivity index (χ2v) is 21.0.